The first-order chi connectivity index (χ1) is 8.96. The third-order valence-electron chi connectivity index (χ3n) is 3.19. The van der Waals surface area contributed by atoms with Crippen LogP contribution in [0.5, 0.6) is 0 Å². The maximum atomic E-state index is 11.8. The smallest absolute Gasteiger partial charge is 0.328 e. The van der Waals surface area contributed by atoms with E-state index in [0.29, 0.717) is 12.3 Å². The van der Waals surface area contributed by atoms with E-state index in [9.17, 15) is 9.59 Å². The Labute approximate surface area is 114 Å². The predicted molar refractivity (Wildman–Crippen MR) is 70.4 cm³/mol. The maximum Gasteiger partial charge on any atom is 0.328 e. The molecule has 1 saturated heterocycles. The van der Waals surface area contributed by atoms with E-state index < -0.39 is 12.0 Å². The van der Waals surface area contributed by atoms with Gasteiger partial charge in [-0.1, -0.05) is 13.8 Å². The summed E-state index contributed by atoms with van der Waals surface area (Å²) in [5, 5.41) is 11.6. The lowest BCUT2D eigenvalue weighted by Gasteiger charge is -2.37. The van der Waals surface area contributed by atoms with Crippen LogP contribution in [0.4, 0.5) is 0 Å². The number of hydrogen-bond donors (Lipinski definition) is 2. The summed E-state index contributed by atoms with van der Waals surface area (Å²) in [6.07, 6.45) is 0.567. The fourth-order valence-corrected chi connectivity index (χ4v) is 2.19. The molecule has 1 fully saturated rings. The first-order valence-electron chi connectivity index (χ1n) is 6.66. The third kappa shape index (κ3) is 5.16. The van der Waals surface area contributed by atoms with Crippen LogP contribution in [-0.4, -0.2) is 61.3 Å². The van der Waals surface area contributed by atoms with Crippen LogP contribution in [0.15, 0.2) is 0 Å². The molecule has 1 aliphatic rings. The Hall–Kier alpha value is -1.14. The van der Waals surface area contributed by atoms with E-state index >= 15 is 0 Å². The van der Waals surface area contributed by atoms with E-state index in [1.165, 1.54) is 7.11 Å². The van der Waals surface area contributed by atoms with Crippen molar-refractivity contribution in [2.75, 3.05) is 33.4 Å². The molecule has 0 aliphatic carbocycles. The number of amides is 1. The molecule has 0 aromatic carbocycles. The average Bonchev–Trinajstić information content (AvgIpc) is 2.30. The van der Waals surface area contributed by atoms with Gasteiger partial charge < -0.3 is 15.2 Å². The molecule has 1 unspecified atom stereocenters. The average molecular weight is 272 g/mol. The van der Waals surface area contributed by atoms with Crippen LogP contribution in [0.2, 0.25) is 0 Å². The maximum absolute atomic E-state index is 11.8. The number of hydrogen-bond acceptors (Lipinski definition) is 5. The molecule has 0 aromatic rings. The third-order valence-corrected chi connectivity index (χ3v) is 3.19. The van der Waals surface area contributed by atoms with Crippen molar-refractivity contribution in [1.29, 1.82) is 0 Å². The second-order valence-corrected chi connectivity index (χ2v) is 5.52. The van der Waals surface area contributed by atoms with Crippen molar-refractivity contribution in [3.63, 3.8) is 0 Å². The van der Waals surface area contributed by atoms with E-state index in [4.69, 9.17) is 9.84 Å². The number of aliphatic hydroxyl groups is 1. The van der Waals surface area contributed by atoms with Gasteiger partial charge in [0.2, 0.25) is 5.91 Å². The molecule has 2 N–H and O–H groups in total. The van der Waals surface area contributed by atoms with Crippen molar-refractivity contribution in [3.8, 4) is 0 Å². The highest BCUT2D eigenvalue weighted by Gasteiger charge is 2.29. The molecule has 1 rings (SSSR count). The van der Waals surface area contributed by atoms with Gasteiger partial charge in [-0.15, -0.1) is 0 Å². The Kier molecular flexibility index (Phi) is 6.24. The Bertz CT molecular complexity index is 314. The van der Waals surface area contributed by atoms with Crippen molar-refractivity contribution in [3.05, 3.63) is 0 Å². The quantitative estimate of drug-likeness (QED) is 0.617. The molecule has 0 saturated carbocycles. The molecular weight excluding hydrogens is 248 g/mol. The van der Waals surface area contributed by atoms with E-state index in [1.807, 2.05) is 18.7 Å². The second kappa shape index (κ2) is 7.45. The molecule has 0 aromatic heterocycles. The summed E-state index contributed by atoms with van der Waals surface area (Å²) in [6, 6.07) is -0.576. The van der Waals surface area contributed by atoms with Crippen molar-refractivity contribution < 1.29 is 19.4 Å². The largest absolute Gasteiger partial charge is 0.467 e. The molecule has 0 spiro atoms. The standard InChI is InChI=1S/C13H24N2O4/c1-9(2)4-11(13(18)19-3)14-12(17)7-15-5-10(6-15)8-16/h9-11,16H,4-8H2,1-3H3,(H,14,17). The van der Waals surface area contributed by atoms with E-state index in [2.05, 4.69) is 5.32 Å². The lowest BCUT2D eigenvalue weighted by Crippen LogP contribution is -2.54. The molecule has 0 radical (unpaired) electrons. The molecule has 1 atom stereocenters. The first kappa shape index (κ1) is 15.9. The van der Waals surface area contributed by atoms with Crippen molar-refractivity contribution in [2.45, 2.75) is 26.3 Å². The van der Waals surface area contributed by atoms with Crippen LogP contribution in [0.1, 0.15) is 20.3 Å². The van der Waals surface area contributed by atoms with Gasteiger partial charge in [-0.25, -0.2) is 4.79 Å². The Morgan fingerprint density at radius 1 is 1.42 bits per heavy atom. The molecule has 6 heteroatoms. The van der Waals surface area contributed by atoms with Crippen LogP contribution < -0.4 is 5.32 Å². The number of nitrogens with one attached hydrogen (secondary N) is 1. The topological polar surface area (TPSA) is 78.9 Å². The summed E-state index contributed by atoms with van der Waals surface area (Å²) in [4.78, 5) is 25.3. The highest BCUT2D eigenvalue weighted by molar-refractivity contribution is 5.85. The zero-order valence-corrected chi connectivity index (χ0v) is 11.9. The molecular formula is C13H24N2O4. The monoisotopic (exact) mass is 272 g/mol. The van der Waals surface area contributed by atoms with Gasteiger partial charge in [-0.3, -0.25) is 9.69 Å². The van der Waals surface area contributed by atoms with Gasteiger partial charge in [0.15, 0.2) is 0 Å². The van der Waals surface area contributed by atoms with Crippen molar-refractivity contribution in [1.82, 2.24) is 10.2 Å². The van der Waals surface area contributed by atoms with Gasteiger partial charge in [-0.05, 0) is 12.3 Å². The molecule has 6 nitrogen and oxygen atoms in total. The minimum absolute atomic E-state index is 0.163. The van der Waals surface area contributed by atoms with E-state index in [0.717, 1.165) is 13.1 Å². The molecule has 1 aliphatic heterocycles. The van der Waals surface area contributed by atoms with Crippen LogP contribution in [0.3, 0.4) is 0 Å². The van der Waals surface area contributed by atoms with Crippen LogP contribution in [0.25, 0.3) is 0 Å². The highest BCUT2D eigenvalue weighted by atomic mass is 16.5. The van der Waals surface area contributed by atoms with Gasteiger partial charge in [0.05, 0.1) is 13.7 Å². The van der Waals surface area contributed by atoms with Crippen LogP contribution >= 0.6 is 0 Å². The number of carbonyl (C=O) groups is 2. The molecule has 0 bridgehead atoms. The molecule has 1 amide bonds. The number of aliphatic hydroxyl groups excluding tert-OH is 1. The summed E-state index contributed by atoms with van der Waals surface area (Å²) >= 11 is 0. The van der Waals surface area contributed by atoms with Gasteiger partial charge in [-0.2, -0.15) is 0 Å². The number of carbonyl (C=O) groups excluding carboxylic acids is 2. The minimum atomic E-state index is -0.576. The first-order valence-corrected chi connectivity index (χ1v) is 6.66. The van der Waals surface area contributed by atoms with Crippen LogP contribution in [-0.2, 0) is 14.3 Å². The van der Waals surface area contributed by atoms with Gasteiger partial charge in [0, 0.05) is 25.6 Å². The SMILES string of the molecule is COC(=O)C(CC(C)C)NC(=O)CN1CC(CO)C1. The Balaban J connectivity index is 2.36. The normalized spacial score (nSPS) is 17.9. The Morgan fingerprint density at radius 3 is 2.53 bits per heavy atom. The number of ether oxygens (including phenoxy) is 1. The summed E-state index contributed by atoms with van der Waals surface area (Å²) < 4.78 is 4.69. The fourth-order valence-electron chi connectivity index (χ4n) is 2.19. The number of likely N-dealkylation sites (tertiary alicyclic amines) is 1. The zero-order valence-electron chi connectivity index (χ0n) is 11.9. The Morgan fingerprint density at radius 2 is 2.05 bits per heavy atom. The minimum Gasteiger partial charge on any atom is -0.467 e. The highest BCUT2D eigenvalue weighted by Crippen LogP contribution is 2.13. The van der Waals surface area contributed by atoms with Crippen molar-refractivity contribution >= 4 is 11.9 Å². The predicted octanol–water partition coefficient (Wildman–Crippen LogP) is -0.386. The lowest BCUT2D eigenvalue weighted by molar-refractivity contribution is -0.145. The summed E-state index contributed by atoms with van der Waals surface area (Å²) in [5.41, 5.74) is 0. The number of rotatable bonds is 7. The molecule has 1 heterocycles. The zero-order chi connectivity index (χ0) is 14.4. The second-order valence-electron chi connectivity index (χ2n) is 5.52. The van der Waals surface area contributed by atoms with E-state index in [-0.39, 0.29) is 25.0 Å². The summed E-state index contributed by atoms with van der Waals surface area (Å²) in [6.45, 7) is 5.87. The molecule has 110 valence electrons. The number of nitrogens with zero attached hydrogens (tertiary/aromatic N) is 1. The number of methoxy groups -OCH3 is 1. The van der Waals surface area contributed by atoms with E-state index in [1.54, 1.807) is 0 Å². The summed E-state index contributed by atoms with van der Waals surface area (Å²) in [7, 11) is 1.32. The van der Waals surface area contributed by atoms with Crippen molar-refractivity contribution in [2.24, 2.45) is 11.8 Å². The van der Waals surface area contributed by atoms with Gasteiger partial charge in [0.25, 0.3) is 0 Å². The van der Waals surface area contributed by atoms with Gasteiger partial charge >= 0.3 is 5.97 Å². The fraction of sp³-hybridized carbons (Fsp3) is 0.846. The summed E-state index contributed by atoms with van der Waals surface area (Å²) in [5.74, 6) is -0.00150. The molecule has 19 heavy (non-hydrogen) atoms. The van der Waals surface area contributed by atoms with Gasteiger partial charge in [0.1, 0.15) is 6.04 Å². The van der Waals surface area contributed by atoms with Crippen LogP contribution in [0, 0.1) is 11.8 Å². The lowest BCUT2D eigenvalue weighted by atomic mass is 10.0. The number of esters is 1.